The number of benzene rings is 1. The van der Waals surface area contributed by atoms with E-state index in [0.717, 1.165) is 4.31 Å². The molecule has 0 saturated carbocycles. The number of hydrogen-bond donors (Lipinski definition) is 0. The average molecular weight is 432 g/mol. The van der Waals surface area contributed by atoms with E-state index in [-0.39, 0.29) is 17.0 Å². The smallest absolute Gasteiger partial charge is 0.268 e. The molecule has 1 aromatic heterocycles. The number of sulfonamides is 1. The molecule has 0 radical (unpaired) electrons. The van der Waals surface area contributed by atoms with Gasteiger partial charge in [0.05, 0.1) is 12.1 Å². The molecule has 5 nitrogen and oxygen atoms in total. The van der Waals surface area contributed by atoms with Gasteiger partial charge in [0.2, 0.25) is 0 Å². The maximum atomic E-state index is 12.4. The van der Waals surface area contributed by atoms with Crippen LogP contribution in [0.25, 0.3) is 0 Å². The highest BCUT2D eigenvalue weighted by molar-refractivity contribution is 9.11. The van der Waals surface area contributed by atoms with Gasteiger partial charge in [-0.2, -0.15) is 0 Å². The maximum Gasteiger partial charge on any atom is 0.269 e. The van der Waals surface area contributed by atoms with Crippen molar-refractivity contribution >= 4 is 47.8 Å². The molecule has 0 saturated heterocycles. The van der Waals surface area contributed by atoms with Crippen molar-refractivity contribution in [3.8, 4) is 0 Å². The van der Waals surface area contributed by atoms with Crippen LogP contribution in [-0.2, 0) is 16.6 Å². The molecule has 0 aliphatic carbocycles. The predicted molar refractivity (Wildman–Crippen MR) is 83.1 cm³/mol. The molecule has 21 heavy (non-hydrogen) atoms. The first kappa shape index (κ1) is 14.7. The highest BCUT2D eigenvalue weighted by Crippen LogP contribution is 2.31. The fourth-order valence-electron chi connectivity index (χ4n) is 2.16. The van der Waals surface area contributed by atoms with Crippen LogP contribution in [0.5, 0.6) is 0 Å². The van der Waals surface area contributed by atoms with Crippen molar-refractivity contribution in [2.45, 2.75) is 11.4 Å². The quantitative estimate of drug-likeness (QED) is 0.685. The van der Waals surface area contributed by atoms with Crippen LogP contribution < -0.4 is 0 Å². The molecule has 0 fully saturated rings. The summed E-state index contributed by atoms with van der Waals surface area (Å²) in [6, 6.07) is 9.57. The molecule has 0 N–H and O–H groups in total. The number of aromatic nitrogens is 1. The van der Waals surface area contributed by atoms with E-state index < -0.39 is 15.9 Å². The molecule has 0 atom stereocenters. The van der Waals surface area contributed by atoms with Crippen LogP contribution in [-0.4, -0.2) is 23.6 Å². The first-order valence-electron chi connectivity index (χ1n) is 5.87. The molecule has 0 unspecified atom stereocenters. The van der Waals surface area contributed by atoms with Gasteiger partial charge in [-0.1, -0.05) is 12.1 Å². The van der Waals surface area contributed by atoms with Crippen LogP contribution in [0.15, 0.2) is 50.5 Å². The number of rotatable bonds is 2. The van der Waals surface area contributed by atoms with E-state index in [0.29, 0.717) is 14.8 Å². The Bertz CT molecular complexity index is 832. The molecule has 108 valence electrons. The second-order valence-electron chi connectivity index (χ2n) is 4.43. The van der Waals surface area contributed by atoms with Gasteiger partial charge in [-0.15, -0.1) is 0 Å². The van der Waals surface area contributed by atoms with Gasteiger partial charge in [0.1, 0.15) is 14.1 Å². The number of fused-ring (bicyclic) bond motifs is 1. The van der Waals surface area contributed by atoms with Crippen molar-refractivity contribution in [1.82, 2.24) is 9.29 Å². The highest BCUT2D eigenvalue weighted by Gasteiger charge is 2.40. The topological polar surface area (TPSA) is 67.3 Å². The lowest BCUT2D eigenvalue weighted by Crippen LogP contribution is -2.29. The maximum absolute atomic E-state index is 12.4. The summed E-state index contributed by atoms with van der Waals surface area (Å²) in [5, 5.41) is 0. The van der Waals surface area contributed by atoms with Crippen molar-refractivity contribution in [3.63, 3.8) is 0 Å². The van der Waals surface area contributed by atoms with Crippen LogP contribution in [0.3, 0.4) is 0 Å². The van der Waals surface area contributed by atoms with E-state index in [9.17, 15) is 13.2 Å². The molecular weight excluding hydrogens is 424 g/mol. The van der Waals surface area contributed by atoms with Crippen LogP contribution in [0, 0.1) is 0 Å². The molecule has 1 aromatic carbocycles. The standard InChI is InChI=1S/C13H8Br2N2O3S/c14-11-5-8(6-12(15)16-11)7-17-13(18)9-3-1-2-4-10(9)21(17,19)20/h1-6H,7H2. The van der Waals surface area contributed by atoms with E-state index in [1.807, 2.05) is 0 Å². The number of pyridine rings is 1. The van der Waals surface area contributed by atoms with E-state index >= 15 is 0 Å². The molecule has 2 heterocycles. The van der Waals surface area contributed by atoms with Gasteiger partial charge in [-0.3, -0.25) is 4.79 Å². The lowest BCUT2D eigenvalue weighted by molar-refractivity contribution is 0.0865. The Balaban J connectivity index is 2.03. The lowest BCUT2D eigenvalue weighted by Gasteiger charge is -2.15. The van der Waals surface area contributed by atoms with Gasteiger partial charge >= 0.3 is 0 Å². The van der Waals surface area contributed by atoms with Gasteiger partial charge in [-0.05, 0) is 61.7 Å². The summed E-state index contributed by atoms with van der Waals surface area (Å²) in [5.74, 6) is -0.505. The Hall–Kier alpha value is -1.25. The molecule has 1 amide bonds. The van der Waals surface area contributed by atoms with E-state index in [1.165, 1.54) is 12.1 Å². The average Bonchev–Trinajstić information content (AvgIpc) is 2.60. The van der Waals surface area contributed by atoms with Gasteiger partial charge in [-0.25, -0.2) is 17.7 Å². The van der Waals surface area contributed by atoms with E-state index in [4.69, 9.17) is 0 Å². The fraction of sp³-hybridized carbons (Fsp3) is 0.0769. The first-order valence-corrected chi connectivity index (χ1v) is 8.90. The number of amides is 1. The third-order valence-corrected chi connectivity index (χ3v) is 5.66. The third kappa shape index (κ3) is 2.51. The lowest BCUT2D eigenvalue weighted by atomic mass is 10.2. The monoisotopic (exact) mass is 430 g/mol. The van der Waals surface area contributed by atoms with Crippen molar-refractivity contribution in [2.24, 2.45) is 0 Å². The van der Waals surface area contributed by atoms with E-state index in [1.54, 1.807) is 24.3 Å². The normalized spacial score (nSPS) is 16.1. The minimum atomic E-state index is -3.79. The second kappa shape index (κ2) is 5.19. The molecule has 2 aromatic rings. The van der Waals surface area contributed by atoms with Crippen molar-refractivity contribution in [1.29, 1.82) is 0 Å². The van der Waals surface area contributed by atoms with E-state index in [2.05, 4.69) is 36.8 Å². The van der Waals surface area contributed by atoms with Crippen molar-refractivity contribution in [3.05, 3.63) is 56.7 Å². The Labute approximate surface area is 138 Å². The summed E-state index contributed by atoms with van der Waals surface area (Å²) in [4.78, 5) is 16.4. The molecule has 0 bridgehead atoms. The van der Waals surface area contributed by atoms with Crippen molar-refractivity contribution in [2.75, 3.05) is 0 Å². The summed E-state index contributed by atoms with van der Waals surface area (Å²) >= 11 is 6.48. The molecule has 1 aliphatic heterocycles. The summed E-state index contributed by atoms with van der Waals surface area (Å²) in [7, 11) is -3.79. The summed E-state index contributed by atoms with van der Waals surface area (Å²) < 4.78 is 26.9. The van der Waals surface area contributed by atoms with Crippen LogP contribution in [0.2, 0.25) is 0 Å². The number of halogens is 2. The number of carbonyl (C=O) groups is 1. The van der Waals surface area contributed by atoms with Gasteiger partial charge in [0.25, 0.3) is 15.9 Å². The number of carbonyl (C=O) groups excluding carboxylic acids is 1. The summed E-state index contributed by atoms with van der Waals surface area (Å²) in [6.45, 7) is -0.0322. The Morgan fingerprint density at radius 3 is 2.33 bits per heavy atom. The minimum absolute atomic E-state index is 0.0322. The molecule has 1 aliphatic rings. The Morgan fingerprint density at radius 2 is 1.71 bits per heavy atom. The minimum Gasteiger partial charge on any atom is -0.268 e. The molecule has 0 spiro atoms. The highest BCUT2D eigenvalue weighted by atomic mass is 79.9. The third-order valence-electron chi connectivity index (χ3n) is 3.06. The van der Waals surface area contributed by atoms with Gasteiger partial charge in [0, 0.05) is 0 Å². The zero-order valence-electron chi connectivity index (χ0n) is 10.5. The zero-order valence-corrected chi connectivity index (χ0v) is 14.4. The molecule has 8 heteroatoms. The first-order chi connectivity index (χ1) is 9.89. The SMILES string of the molecule is O=C1c2ccccc2S(=O)(=O)N1Cc1cc(Br)nc(Br)c1. The predicted octanol–water partition coefficient (Wildman–Crippen LogP) is 2.95. The van der Waals surface area contributed by atoms with Gasteiger partial charge < -0.3 is 0 Å². The Kier molecular flexibility index (Phi) is 3.62. The molecule has 3 rings (SSSR count). The Morgan fingerprint density at radius 1 is 1.10 bits per heavy atom. The number of nitrogens with zero attached hydrogens (tertiary/aromatic N) is 2. The van der Waals surface area contributed by atoms with Crippen LogP contribution >= 0.6 is 31.9 Å². The largest absolute Gasteiger partial charge is 0.269 e. The van der Waals surface area contributed by atoms with Crippen LogP contribution in [0.1, 0.15) is 15.9 Å². The fourth-order valence-corrected chi connectivity index (χ4v) is 4.92. The zero-order chi connectivity index (χ0) is 15.2. The number of hydrogen-bond acceptors (Lipinski definition) is 4. The second-order valence-corrected chi connectivity index (χ2v) is 7.89. The summed E-state index contributed by atoms with van der Waals surface area (Å²) in [5.41, 5.74) is 0.873. The summed E-state index contributed by atoms with van der Waals surface area (Å²) in [6.07, 6.45) is 0. The van der Waals surface area contributed by atoms with Crippen molar-refractivity contribution < 1.29 is 13.2 Å². The van der Waals surface area contributed by atoms with Crippen LogP contribution in [0.4, 0.5) is 0 Å². The van der Waals surface area contributed by atoms with Gasteiger partial charge in [0.15, 0.2) is 0 Å². The molecular formula is C13H8Br2N2O3S.